The highest BCUT2D eigenvalue weighted by molar-refractivity contribution is 6.14. The molecule has 0 amide bonds. The van der Waals surface area contributed by atoms with E-state index in [1.54, 1.807) is 12.1 Å². The van der Waals surface area contributed by atoms with Crippen LogP contribution < -0.4 is 0 Å². The average molecular weight is 378 g/mol. The van der Waals surface area contributed by atoms with Gasteiger partial charge in [-0.2, -0.15) is 0 Å². The number of pyridine rings is 1. The highest BCUT2D eigenvalue weighted by Gasteiger charge is 2.23. The highest BCUT2D eigenvalue weighted by atomic mass is 19.1. The molecule has 2 heterocycles. The van der Waals surface area contributed by atoms with Crippen LogP contribution in [0.15, 0.2) is 41.5 Å². The average Bonchev–Trinajstić information content (AvgIpc) is 3.12. The molecular weight excluding hydrogens is 351 g/mol. The first-order valence-electron chi connectivity index (χ1n) is 10.4. The first kappa shape index (κ1) is 19.0. The van der Waals surface area contributed by atoms with Crippen LogP contribution in [-0.2, 0) is 17.8 Å². The van der Waals surface area contributed by atoms with Crippen molar-refractivity contribution in [3.63, 3.8) is 0 Å². The normalized spacial score (nSPS) is 17.9. The van der Waals surface area contributed by atoms with E-state index in [-0.39, 0.29) is 11.6 Å². The number of hydrogen-bond acceptors (Lipinski definition) is 3. The molecular formula is C24H27FN2O. The van der Waals surface area contributed by atoms with Gasteiger partial charge in [0.05, 0.1) is 12.3 Å². The van der Waals surface area contributed by atoms with E-state index in [0.717, 1.165) is 28.1 Å². The molecule has 0 bridgehead atoms. The highest BCUT2D eigenvalue weighted by Crippen LogP contribution is 2.32. The number of nitrogens with zero attached hydrogens (tertiary/aromatic N) is 2. The second-order valence-electron chi connectivity index (χ2n) is 8.30. The molecule has 0 unspecified atom stereocenters. The molecule has 1 aromatic heterocycles. The Kier molecular flexibility index (Phi) is 5.65. The van der Waals surface area contributed by atoms with Gasteiger partial charge in [-0.3, -0.25) is 14.8 Å². The fourth-order valence-electron chi connectivity index (χ4n) is 4.59. The Morgan fingerprint density at radius 2 is 1.93 bits per heavy atom. The molecule has 1 aliphatic heterocycles. The Hall–Kier alpha value is -2.36. The van der Waals surface area contributed by atoms with E-state index in [4.69, 9.17) is 0 Å². The molecule has 1 aromatic carbocycles. The Bertz CT molecular complexity index is 882. The predicted octanol–water partition coefficient (Wildman–Crippen LogP) is 5.29. The Labute approximate surface area is 166 Å². The number of carbonyl (C=O) groups excluding carboxylic acids is 1. The maximum atomic E-state index is 13.2. The molecule has 4 heteroatoms. The van der Waals surface area contributed by atoms with Crippen LogP contribution in [0.1, 0.15) is 67.8 Å². The van der Waals surface area contributed by atoms with Crippen molar-refractivity contribution in [3.05, 3.63) is 64.7 Å². The lowest BCUT2D eigenvalue weighted by atomic mass is 9.78. The summed E-state index contributed by atoms with van der Waals surface area (Å²) in [5.41, 5.74) is 4.66. The summed E-state index contributed by atoms with van der Waals surface area (Å²) in [7, 11) is 0. The van der Waals surface area contributed by atoms with Gasteiger partial charge in [-0.1, -0.05) is 39.0 Å². The lowest BCUT2D eigenvalue weighted by molar-refractivity contribution is -0.119. The van der Waals surface area contributed by atoms with Crippen molar-refractivity contribution in [2.75, 3.05) is 0 Å². The molecule has 146 valence electrons. The third-order valence-corrected chi connectivity index (χ3v) is 6.21. The Morgan fingerprint density at radius 3 is 2.68 bits per heavy atom. The van der Waals surface area contributed by atoms with Crippen molar-refractivity contribution in [3.8, 4) is 0 Å². The summed E-state index contributed by atoms with van der Waals surface area (Å²) >= 11 is 0. The van der Waals surface area contributed by atoms with E-state index in [1.165, 1.54) is 44.2 Å². The van der Waals surface area contributed by atoms with Crippen LogP contribution in [-0.4, -0.2) is 16.5 Å². The van der Waals surface area contributed by atoms with Crippen LogP contribution in [0.5, 0.6) is 0 Å². The number of benzene rings is 1. The number of fused-ring (bicyclic) bond motifs is 1. The number of hydrogen-bond donors (Lipinski definition) is 0. The van der Waals surface area contributed by atoms with Crippen LogP contribution in [0, 0.1) is 17.7 Å². The van der Waals surface area contributed by atoms with E-state index < -0.39 is 0 Å². The van der Waals surface area contributed by atoms with E-state index in [2.05, 4.69) is 16.9 Å². The first-order valence-corrected chi connectivity index (χ1v) is 10.4. The molecule has 0 radical (unpaired) electrons. The molecule has 1 fully saturated rings. The van der Waals surface area contributed by atoms with Gasteiger partial charge in [-0.05, 0) is 47.7 Å². The fourth-order valence-corrected chi connectivity index (χ4v) is 4.59. The van der Waals surface area contributed by atoms with Crippen LogP contribution in [0.2, 0.25) is 0 Å². The lowest BCUT2D eigenvalue weighted by Gasteiger charge is -2.27. The van der Waals surface area contributed by atoms with Crippen LogP contribution in [0.3, 0.4) is 0 Å². The number of rotatable bonds is 6. The summed E-state index contributed by atoms with van der Waals surface area (Å²) < 4.78 is 13.2. The van der Waals surface area contributed by atoms with E-state index in [0.29, 0.717) is 31.2 Å². The number of halogens is 1. The molecule has 28 heavy (non-hydrogen) atoms. The van der Waals surface area contributed by atoms with Crippen LogP contribution in [0.4, 0.5) is 4.39 Å². The number of aliphatic imine (C=N–C) groups is 1. The quantitative estimate of drug-likeness (QED) is 0.685. The van der Waals surface area contributed by atoms with Crippen molar-refractivity contribution in [2.24, 2.45) is 16.8 Å². The number of aromatic nitrogens is 1. The van der Waals surface area contributed by atoms with Gasteiger partial charge in [-0.25, -0.2) is 4.39 Å². The zero-order valence-electron chi connectivity index (χ0n) is 16.5. The predicted molar refractivity (Wildman–Crippen MR) is 109 cm³/mol. The van der Waals surface area contributed by atoms with E-state index in [1.807, 2.05) is 12.3 Å². The summed E-state index contributed by atoms with van der Waals surface area (Å²) in [4.78, 5) is 21.7. The Morgan fingerprint density at radius 1 is 1.18 bits per heavy atom. The Balaban J connectivity index is 1.40. The summed E-state index contributed by atoms with van der Waals surface area (Å²) in [5, 5.41) is 0. The molecule has 1 atom stereocenters. The summed E-state index contributed by atoms with van der Waals surface area (Å²) in [6.45, 7) is 2.82. The topological polar surface area (TPSA) is 42.3 Å². The van der Waals surface area contributed by atoms with E-state index in [9.17, 15) is 9.18 Å². The minimum absolute atomic E-state index is 0.253. The maximum absolute atomic E-state index is 13.2. The van der Waals surface area contributed by atoms with Crippen molar-refractivity contribution in [1.82, 2.24) is 4.98 Å². The van der Waals surface area contributed by atoms with Gasteiger partial charge in [-0.15, -0.1) is 0 Å². The largest absolute Gasteiger partial charge is 0.299 e. The molecule has 1 aliphatic carbocycles. The van der Waals surface area contributed by atoms with Crippen molar-refractivity contribution >= 4 is 11.5 Å². The number of carbonyl (C=O) groups is 1. The van der Waals surface area contributed by atoms with Gasteiger partial charge in [0.25, 0.3) is 0 Å². The summed E-state index contributed by atoms with van der Waals surface area (Å²) in [6, 6.07) is 8.40. The third-order valence-electron chi connectivity index (χ3n) is 6.21. The molecule has 4 rings (SSSR count). The van der Waals surface area contributed by atoms with Crippen LogP contribution >= 0.6 is 0 Å². The second kappa shape index (κ2) is 8.34. The maximum Gasteiger partial charge on any atom is 0.139 e. The zero-order chi connectivity index (χ0) is 19.5. The monoisotopic (exact) mass is 378 g/mol. The minimum Gasteiger partial charge on any atom is -0.299 e. The summed E-state index contributed by atoms with van der Waals surface area (Å²) in [6.07, 6.45) is 9.38. The zero-order valence-corrected chi connectivity index (χ0v) is 16.5. The van der Waals surface area contributed by atoms with E-state index >= 15 is 0 Å². The van der Waals surface area contributed by atoms with Gasteiger partial charge in [0.1, 0.15) is 11.6 Å². The van der Waals surface area contributed by atoms with Gasteiger partial charge in [0, 0.05) is 35.9 Å². The van der Waals surface area contributed by atoms with Crippen molar-refractivity contribution in [2.45, 2.75) is 58.4 Å². The molecule has 3 nitrogen and oxygen atoms in total. The fraction of sp³-hybridized carbons (Fsp3) is 0.458. The van der Waals surface area contributed by atoms with Crippen molar-refractivity contribution in [1.29, 1.82) is 0 Å². The van der Waals surface area contributed by atoms with Crippen LogP contribution in [0.25, 0.3) is 0 Å². The number of Topliss-reactive ketones (excluding diaryl/α,β-unsaturated/α-hetero) is 1. The van der Waals surface area contributed by atoms with Gasteiger partial charge < -0.3 is 0 Å². The van der Waals surface area contributed by atoms with Gasteiger partial charge in [0.2, 0.25) is 0 Å². The lowest BCUT2D eigenvalue weighted by Crippen LogP contribution is -2.19. The molecule has 0 saturated heterocycles. The molecule has 0 N–H and O–H groups in total. The standard InChI is InChI=1S/C24H27FN2O/c1-16(17-5-3-2-4-6-17)11-22(28)13-21-12-19-14-27-24(23(19)15-26-21)18-7-9-20(25)10-8-18/h7-10,12,15-17H,2-6,11,13-14H2,1H3/t16-/m0/s1. The minimum atomic E-state index is -0.253. The first-order chi connectivity index (χ1) is 13.6. The summed E-state index contributed by atoms with van der Waals surface area (Å²) in [5.74, 6) is 1.20. The second-order valence-corrected chi connectivity index (χ2v) is 8.30. The van der Waals surface area contributed by atoms with Gasteiger partial charge in [0.15, 0.2) is 0 Å². The van der Waals surface area contributed by atoms with Crippen molar-refractivity contribution < 1.29 is 9.18 Å². The molecule has 0 spiro atoms. The third kappa shape index (κ3) is 4.21. The van der Waals surface area contributed by atoms with Gasteiger partial charge >= 0.3 is 0 Å². The smallest absolute Gasteiger partial charge is 0.139 e. The SMILES string of the molecule is C[C@@H](CC(=O)Cc1cc2c(cn1)C(c1ccc(F)cc1)=NC2)C1CCCCC1. The molecule has 2 aliphatic rings. The number of ketones is 1. The molecule has 2 aromatic rings. The molecule has 1 saturated carbocycles.